The van der Waals surface area contributed by atoms with E-state index in [1.807, 2.05) is 12.2 Å². The van der Waals surface area contributed by atoms with Gasteiger partial charge in [-0.05, 0) is 12.5 Å². The van der Waals surface area contributed by atoms with Crippen LogP contribution in [0.3, 0.4) is 0 Å². The predicted molar refractivity (Wildman–Crippen MR) is 90.6 cm³/mol. The van der Waals surface area contributed by atoms with Crippen LogP contribution in [-0.4, -0.2) is 18.7 Å². The molecule has 0 aliphatic carbocycles. The summed E-state index contributed by atoms with van der Waals surface area (Å²) in [5.74, 6) is -0.230. The first-order chi connectivity index (χ1) is 10.2. The van der Waals surface area contributed by atoms with Crippen molar-refractivity contribution in [3.05, 3.63) is 12.2 Å². The van der Waals surface area contributed by atoms with Gasteiger partial charge in [0, 0.05) is 6.21 Å². The van der Waals surface area contributed by atoms with Crippen LogP contribution in [0.15, 0.2) is 17.1 Å². The molecular weight excluding hydrogens is 260 g/mol. The number of primary amides is 1. The van der Waals surface area contributed by atoms with E-state index in [1.165, 1.54) is 57.8 Å². The lowest BCUT2D eigenvalue weighted by atomic mass is 9.80. The molecule has 1 atom stereocenters. The number of unbranched alkanes of at least 4 members (excludes halogenated alkanes) is 9. The van der Waals surface area contributed by atoms with E-state index < -0.39 is 5.41 Å². The van der Waals surface area contributed by atoms with Crippen molar-refractivity contribution < 1.29 is 4.79 Å². The van der Waals surface area contributed by atoms with Crippen LogP contribution in [0, 0.1) is 5.41 Å². The van der Waals surface area contributed by atoms with Gasteiger partial charge in [-0.15, -0.1) is 0 Å². The monoisotopic (exact) mass is 292 g/mol. The number of dihydropyridines is 1. The van der Waals surface area contributed by atoms with Gasteiger partial charge in [-0.1, -0.05) is 77.2 Å². The highest BCUT2D eigenvalue weighted by atomic mass is 16.1. The van der Waals surface area contributed by atoms with Crippen LogP contribution in [0.4, 0.5) is 0 Å². The Labute approximate surface area is 130 Å². The maximum absolute atomic E-state index is 11.7. The van der Waals surface area contributed by atoms with Crippen LogP contribution in [0.1, 0.15) is 77.6 Å². The van der Waals surface area contributed by atoms with Gasteiger partial charge in [0.05, 0.1) is 12.0 Å². The van der Waals surface area contributed by atoms with Gasteiger partial charge in [0.25, 0.3) is 0 Å². The van der Waals surface area contributed by atoms with E-state index in [4.69, 9.17) is 5.73 Å². The molecule has 1 amide bonds. The molecule has 0 fully saturated rings. The molecule has 0 radical (unpaired) electrons. The van der Waals surface area contributed by atoms with Crippen LogP contribution in [0.25, 0.3) is 0 Å². The molecule has 1 aliphatic rings. The molecule has 0 saturated carbocycles. The molecule has 1 aliphatic heterocycles. The van der Waals surface area contributed by atoms with E-state index in [-0.39, 0.29) is 5.91 Å². The summed E-state index contributed by atoms with van der Waals surface area (Å²) in [4.78, 5) is 15.9. The third kappa shape index (κ3) is 6.92. The molecule has 2 N–H and O–H groups in total. The van der Waals surface area contributed by atoms with Crippen molar-refractivity contribution in [3.8, 4) is 0 Å². The molecule has 1 rings (SSSR count). The zero-order valence-corrected chi connectivity index (χ0v) is 13.7. The van der Waals surface area contributed by atoms with Crippen LogP contribution < -0.4 is 5.73 Å². The standard InChI is InChI=1S/C18H32N2O/c1-2-3-4-5-6-7-8-9-10-11-13-18(17(19)21)14-12-15-20-16-18/h12,14-15H,2-11,13,16H2,1H3,(H2,19,21). The van der Waals surface area contributed by atoms with E-state index in [0.717, 1.165) is 12.8 Å². The number of carbonyl (C=O) groups is 1. The van der Waals surface area contributed by atoms with Crippen LogP contribution in [0.5, 0.6) is 0 Å². The highest BCUT2D eigenvalue weighted by Gasteiger charge is 2.33. The number of nitrogens with zero attached hydrogens (tertiary/aromatic N) is 1. The molecule has 1 heterocycles. The van der Waals surface area contributed by atoms with Gasteiger partial charge in [0.1, 0.15) is 0 Å². The van der Waals surface area contributed by atoms with Crippen molar-refractivity contribution >= 4 is 12.1 Å². The molecule has 1 unspecified atom stereocenters. The van der Waals surface area contributed by atoms with Crippen LogP contribution in [-0.2, 0) is 4.79 Å². The van der Waals surface area contributed by atoms with Crippen molar-refractivity contribution in [3.63, 3.8) is 0 Å². The maximum atomic E-state index is 11.7. The molecule has 21 heavy (non-hydrogen) atoms. The first-order valence-corrected chi connectivity index (χ1v) is 8.69. The zero-order chi connectivity index (χ0) is 15.4. The molecular formula is C18H32N2O. The van der Waals surface area contributed by atoms with Crippen molar-refractivity contribution in [1.82, 2.24) is 0 Å². The van der Waals surface area contributed by atoms with Crippen LogP contribution >= 0.6 is 0 Å². The Hall–Kier alpha value is -1.12. The Kier molecular flexibility index (Phi) is 9.04. The van der Waals surface area contributed by atoms with E-state index in [2.05, 4.69) is 11.9 Å². The van der Waals surface area contributed by atoms with Crippen molar-refractivity contribution in [1.29, 1.82) is 0 Å². The average molecular weight is 292 g/mol. The second-order valence-electron chi connectivity index (χ2n) is 6.30. The molecule has 0 aromatic rings. The van der Waals surface area contributed by atoms with Gasteiger partial charge in [0.15, 0.2) is 0 Å². The normalized spacial score (nSPS) is 20.8. The SMILES string of the molecule is CCCCCCCCCCCCC1(C(N)=O)C=CC=NC1. The third-order valence-electron chi connectivity index (χ3n) is 4.45. The first kappa shape index (κ1) is 17.9. The maximum Gasteiger partial charge on any atom is 0.229 e. The van der Waals surface area contributed by atoms with Gasteiger partial charge in [-0.25, -0.2) is 0 Å². The number of hydrogen-bond donors (Lipinski definition) is 1. The van der Waals surface area contributed by atoms with Crippen molar-refractivity contribution in [2.75, 3.05) is 6.54 Å². The molecule has 0 aromatic heterocycles. The first-order valence-electron chi connectivity index (χ1n) is 8.69. The second kappa shape index (κ2) is 10.6. The summed E-state index contributed by atoms with van der Waals surface area (Å²) >= 11 is 0. The van der Waals surface area contributed by atoms with Crippen molar-refractivity contribution in [2.45, 2.75) is 77.6 Å². The van der Waals surface area contributed by atoms with Gasteiger partial charge in [-0.2, -0.15) is 0 Å². The van der Waals surface area contributed by atoms with Gasteiger partial charge in [0.2, 0.25) is 5.91 Å². The summed E-state index contributed by atoms with van der Waals surface area (Å²) in [6, 6.07) is 0. The number of hydrogen-bond acceptors (Lipinski definition) is 2. The molecule has 3 heteroatoms. The van der Waals surface area contributed by atoms with Crippen molar-refractivity contribution in [2.24, 2.45) is 16.1 Å². The molecule has 120 valence electrons. The largest absolute Gasteiger partial charge is 0.369 e. The molecule has 0 saturated heterocycles. The fraction of sp³-hybridized carbons (Fsp3) is 0.778. The Morgan fingerprint density at radius 1 is 1.05 bits per heavy atom. The molecule has 0 spiro atoms. The van der Waals surface area contributed by atoms with Gasteiger partial charge in [-0.3, -0.25) is 9.79 Å². The fourth-order valence-corrected chi connectivity index (χ4v) is 2.93. The lowest BCUT2D eigenvalue weighted by Crippen LogP contribution is -2.39. The Bertz CT molecular complexity index is 349. The number of rotatable bonds is 12. The number of nitrogens with two attached hydrogens (primary N) is 1. The Balaban J connectivity index is 2.04. The average Bonchev–Trinajstić information content (AvgIpc) is 2.50. The highest BCUT2D eigenvalue weighted by Crippen LogP contribution is 2.29. The summed E-state index contributed by atoms with van der Waals surface area (Å²) < 4.78 is 0. The summed E-state index contributed by atoms with van der Waals surface area (Å²) in [5.41, 5.74) is 5.04. The second-order valence-corrected chi connectivity index (χ2v) is 6.30. The number of amides is 1. The Morgan fingerprint density at radius 3 is 2.10 bits per heavy atom. The predicted octanol–water partition coefficient (Wildman–Crippen LogP) is 4.41. The highest BCUT2D eigenvalue weighted by molar-refractivity contribution is 5.86. The van der Waals surface area contributed by atoms with E-state index in [9.17, 15) is 4.79 Å². The topological polar surface area (TPSA) is 55.5 Å². The Morgan fingerprint density at radius 2 is 1.62 bits per heavy atom. The van der Waals surface area contributed by atoms with E-state index in [1.54, 1.807) is 6.21 Å². The molecule has 0 bridgehead atoms. The number of carbonyl (C=O) groups excluding carboxylic acids is 1. The lowest BCUT2D eigenvalue weighted by molar-refractivity contribution is -0.125. The lowest BCUT2D eigenvalue weighted by Gasteiger charge is -2.26. The summed E-state index contributed by atoms with van der Waals surface area (Å²) in [6.45, 7) is 2.78. The van der Waals surface area contributed by atoms with Gasteiger partial charge < -0.3 is 5.73 Å². The number of aliphatic imine (C=N–C) groups is 1. The minimum atomic E-state index is -0.519. The summed E-state index contributed by atoms with van der Waals surface area (Å²) in [5, 5.41) is 0. The third-order valence-corrected chi connectivity index (χ3v) is 4.45. The summed E-state index contributed by atoms with van der Waals surface area (Å²) in [7, 11) is 0. The zero-order valence-electron chi connectivity index (χ0n) is 13.7. The number of allylic oxidation sites excluding steroid dienone is 1. The quantitative estimate of drug-likeness (QED) is 0.532. The molecule has 0 aromatic carbocycles. The van der Waals surface area contributed by atoms with E-state index in [0.29, 0.717) is 6.54 Å². The minimum absolute atomic E-state index is 0.230. The summed E-state index contributed by atoms with van der Waals surface area (Å²) in [6.07, 6.45) is 19.5. The molecule has 3 nitrogen and oxygen atoms in total. The smallest absolute Gasteiger partial charge is 0.229 e. The van der Waals surface area contributed by atoms with Crippen LogP contribution in [0.2, 0.25) is 0 Å². The van der Waals surface area contributed by atoms with Gasteiger partial charge >= 0.3 is 0 Å². The van der Waals surface area contributed by atoms with E-state index >= 15 is 0 Å². The fourth-order valence-electron chi connectivity index (χ4n) is 2.93. The minimum Gasteiger partial charge on any atom is -0.369 e.